The van der Waals surface area contributed by atoms with Crippen LogP contribution in [0.1, 0.15) is 12.0 Å². The highest BCUT2D eigenvalue weighted by Crippen LogP contribution is 2.04. The first-order chi connectivity index (χ1) is 10.2. The van der Waals surface area contributed by atoms with Crippen LogP contribution in [-0.2, 0) is 20.9 Å². The van der Waals surface area contributed by atoms with E-state index in [0.717, 1.165) is 5.56 Å². The first-order valence-electron chi connectivity index (χ1n) is 6.50. The van der Waals surface area contributed by atoms with Gasteiger partial charge in [0.25, 0.3) is 0 Å². The van der Waals surface area contributed by atoms with Gasteiger partial charge in [-0.2, -0.15) is 5.26 Å². The number of ketones is 1. The molecule has 0 spiro atoms. The fourth-order valence-corrected chi connectivity index (χ4v) is 1.65. The fraction of sp³-hybridized carbons (Fsp3) is 0.400. The lowest BCUT2D eigenvalue weighted by molar-refractivity contribution is -0.123. The average molecular weight is 290 g/mol. The Morgan fingerprint density at radius 3 is 2.62 bits per heavy atom. The van der Waals surface area contributed by atoms with E-state index in [2.05, 4.69) is 0 Å². The lowest BCUT2D eigenvalue weighted by Crippen LogP contribution is -2.37. The first-order valence-corrected chi connectivity index (χ1v) is 6.50. The van der Waals surface area contributed by atoms with Crippen molar-refractivity contribution in [3.8, 4) is 6.07 Å². The normalized spacial score (nSPS) is 9.71. The van der Waals surface area contributed by atoms with Gasteiger partial charge in [-0.05, 0) is 5.56 Å². The molecule has 0 saturated carbocycles. The Morgan fingerprint density at radius 2 is 2.00 bits per heavy atom. The molecule has 0 aliphatic heterocycles. The van der Waals surface area contributed by atoms with Crippen LogP contribution in [0.2, 0.25) is 0 Å². The molecule has 112 valence electrons. The van der Waals surface area contributed by atoms with E-state index in [1.54, 1.807) is 0 Å². The van der Waals surface area contributed by atoms with Crippen molar-refractivity contribution in [3.63, 3.8) is 0 Å². The van der Waals surface area contributed by atoms with Crippen LogP contribution in [0, 0.1) is 11.3 Å². The molecule has 0 radical (unpaired) electrons. The molecule has 21 heavy (non-hydrogen) atoms. The number of methoxy groups -OCH3 is 1. The van der Waals surface area contributed by atoms with Gasteiger partial charge < -0.3 is 9.47 Å². The van der Waals surface area contributed by atoms with E-state index < -0.39 is 6.09 Å². The molecule has 0 heterocycles. The molecule has 0 aliphatic rings. The number of Topliss-reactive ketones (excluding diaryl/α,β-unsaturated/α-hetero) is 1. The summed E-state index contributed by atoms with van der Waals surface area (Å²) in [6.07, 6.45) is -0.473. The second-order valence-electron chi connectivity index (χ2n) is 4.34. The van der Waals surface area contributed by atoms with Crippen molar-refractivity contribution in [1.82, 2.24) is 4.90 Å². The van der Waals surface area contributed by atoms with Crippen molar-refractivity contribution < 1.29 is 19.1 Å². The summed E-state index contributed by atoms with van der Waals surface area (Å²) in [5.41, 5.74) is 0.856. The number of nitriles is 1. The largest absolute Gasteiger partial charge is 0.445 e. The van der Waals surface area contributed by atoms with Crippen LogP contribution in [0.5, 0.6) is 0 Å². The highest BCUT2D eigenvalue weighted by Gasteiger charge is 2.18. The zero-order chi connectivity index (χ0) is 15.5. The molecular weight excluding hydrogens is 272 g/mol. The van der Waals surface area contributed by atoms with Gasteiger partial charge in [0.1, 0.15) is 13.2 Å². The van der Waals surface area contributed by atoms with Gasteiger partial charge in [0.2, 0.25) is 0 Å². The van der Waals surface area contributed by atoms with Gasteiger partial charge in [0.05, 0.1) is 19.0 Å². The van der Waals surface area contributed by atoms with Gasteiger partial charge in [-0.15, -0.1) is 0 Å². The van der Waals surface area contributed by atoms with Gasteiger partial charge in [0, 0.05) is 13.7 Å². The van der Waals surface area contributed by atoms with Gasteiger partial charge in [-0.3, -0.25) is 9.69 Å². The quantitative estimate of drug-likeness (QED) is 0.728. The Bertz CT molecular complexity index is 496. The van der Waals surface area contributed by atoms with Crippen LogP contribution >= 0.6 is 0 Å². The summed E-state index contributed by atoms with van der Waals surface area (Å²) < 4.78 is 9.88. The van der Waals surface area contributed by atoms with Crippen molar-refractivity contribution in [1.29, 1.82) is 5.26 Å². The van der Waals surface area contributed by atoms with Gasteiger partial charge >= 0.3 is 6.09 Å². The Morgan fingerprint density at radius 1 is 1.29 bits per heavy atom. The number of carbonyl (C=O) groups excluding carboxylic acids is 2. The molecule has 0 atom stereocenters. The molecule has 1 aromatic carbocycles. The van der Waals surface area contributed by atoms with Crippen molar-refractivity contribution in [2.75, 3.05) is 26.8 Å². The molecule has 0 unspecified atom stereocenters. The molecule has 0 N–H and O–H groups in total. The summed E-state index contributed by atoms with van der Waals surface area (Å²) in [6.45, 7) is 0.0823. The van der Waals surface area contributed by atoms with E-state index in [0.29, 0.717) is 0 Å². The molecule has 0 fully saturated rings. The second kappa shape index (κ2) is 9.50. The highest BCUT2D eigenvalue weighted by molar-refractivity contribution is 5.85. The third kappa shape index (κ3) is 6.54. The third-order valence-electron chi connectivity index (χ3n) is 2.63. The smallest absolute Gasteiger partial charge is 0.410 e. The van der Waals surface area contributed by atoms with Gasteiger partial charge in [0.15, 0.2) is 5.78 Å². The van der Waals surface area contributed by atoms with E-state index in [1.807, 2.05) is 36.4 Å². The monoisotopic (exact) mass is 290 g/mol. The standard InChI is InChI=1S/C15H18N2O4/c1-20-12-14(18)10-17(9-5-8-16)15(19)21-11-13-6-3-2-4-7-13/h2-4,6-7H,5,9-12H2,1H3. The number of ether oxygens (including phenoxy) is 2. The summed E-state index contributed by atoms with van der Waals surface area (Å²) in [6, 6.07) is 11.2. The maximum atomic E-state index is 12.0. The maximum Gasteiger partial charge on any atom is 0.410 e. The van der Waals surface area contributed by atoms with Crippen molar-refractivity contribution in [2.45, 2.75) is 13.0 Å². The number of carbonyl (C=O) groups is 2. The van der Waals surface area contributed by atoms with Crippen LogP contribution in [0.15, 0.2) is 30.3 Å². The van der Waals surface area contributed by atoms with Crippen molar-refractivity contribution in [2.24, 2.45) is 0 Å². The number of nitrogens with zero attached hydrogens (tertiary/aromatic N) is 2. The van der Waals surface area contributed by atoms with Gasteiger partial charge in [-0.1, -0.05) is 30.3 Å². The predicted molar refractivity (Wildman–Crippen MR) is 75.3 cm³/mol. The average Bonchev–Trinajstić information content (AvgIpc) is 2.50. The van der Waals surface area contributed by atoms with Gasteiger partial charge in [-0.25, -0.2) is 4.79 Å². The van der Waals surface area contributed by atoms with E-state index in [1.165, 1.54) is 12.0 Å². The lowest BCUT2D eigenvalue weighted by Gasteiger charge is -2.20. The summed E-state index contributed by atoms with van der Waals surface area (Å²) in [4.78, 5) is 24.7. The predicted octanol–water partition coefficient (Wildman–Crippen LogP) is 1.75. The lowest BCUT2D eigenvalue weighted by atomic mass is 10.2. The minimum atomic E-state index is -0.612. The maximum absolute atomic E-state index is 12.0. The molecular formula is C15H18N2O4. The molecule has 1 aromatic rings. The Hall–Kier alpha value is -2.39. The van der Waals surface area contributed by atoms with Crippen LogP contribution in [0.25, 0.3) is 0 Å². The van der Waals surface area contributed by atoms with Crippen LogP contribution in [0.3, 0.4) is 0 Å². The van der Waals surface area contributed by atoms with Crippen LogP contribution in [-0.4, -0.2) is 43.6 Å². The van der Waals surface area contributed by atoms with Crippen LogP contribution in [0.4, 0.5) is 4.79 Å². The summed E-state index contributed by atoms with van der Waals surface area (Å²) >= 11 is 0. The van der Waals surface area contributed by atoms with E-state index in [9.17, 15) is 9.59 Å². The van der Waals surface area contributed by atoms with Crippen molar-refractivity contribution in [3.05, 3.63) is 35.9 Å². The molecule has 0 bridgehead atoms. The molecule has 1 amide bonds. The van der Waals surface area contributed by atoms with E-state index in [4.69, 9.17) is 14.7 Å². The molecule has 0 aromatic heterocycles. The topological polar surface area (TPSA) is 79.6 Å². The zero-order valence-electron chi connectivity index (χ0n) is 11.9. The van der Waals surface area contributed by atoms with Crippen molar-refractivity contribution >= 4 is 11.9 Å². The SMILES string of the molecule is COCC(=O)CN(CCC#N)C(=O)OCc1ccccc1. The summed E-state index contributed by atoms with van der Waals surface area (Å²) in [5.74, 6) is -0.243. The minimum absolute atomic E-state index is 0.0744. The third-order valence-corrected chi connectivity index (χ3v) is 2.63. The zero-order valence-corrected chi connectivity index (χ0v) is 11.9. The highest BCUT2D eigenvalue weighted by atomic mass is 16.6. The second-order valence-corrected chi connectivity index (χ2v) is 4.34. The number of hydrogen-bond donors (Lipinski definition) is 0. The number of benzene rings is 1. The molecule has 6 heteroatoms. The first kappa shape index (κ1) is 16.7. The van der Waals surface area contributed by atoms with E-state index >= 15 is 0 Å². The molecule has 0 saturated heterocycles. The molecule has 0 aliphatic carbocycles. The Balaban J connectivity index is 2.54. The Labute approximate surface area is 123 Å². The minimum Gasteiger partial charge on any atom is -0.445 e. The van der Waals surface area contributed by atoms with E-state index in [-0.39, 0.29) is 38.5 Å². The number of amides is 1. The van der Waals surface area contributed by atoms with Crippen LogP contribution < -0.4 is 0 Å². The summed E-state index contributed by atoms with van der Waals surface area (Å²) in [5, 5.41) is 8.60. The summed E-state index contributed by atoms with van der Waals surface area (Å²) in [7, 11) is 1.41. The Kier molecular flexibility index (Phi) is 7.54. The molecule has 1 rings (SSSR count). The number of rotatable bonds is 8. The molecule has 6 nitrogen and oxygen atoms in total. The fourth-order valence-electron chi connectivity index (χ4n) is 1.65. The number of hydrogen-bond acceptors (Lipinski definition) is 5.